The second-order valence-corrected chi connectivity index (χ2v) is 7.95. The van der Waals surface area contributed by atoms with Crippen LogP contribution in [0.15, 0.2) is 93.3 Å². The van der Waals surface area contributed by atoms with Crippen LogP contribution in [0.5, 0.6) is 5.75 Å². The van der Waals surface area contributed by atoms with E-state index in [2.05, 4.69) is 27.4 Å². The fourth-order valence-electron chi connectivity index (χ4n) is 3.40. The lowest BCUT2D eigenvalue weighted by atomic mass is 10.0. The molecule has 5 heteroatoms. The summed E-state index contributed by atoms with van der Waals surface area (Å²) in [7, 11) is 0. The van der Waals surface area contributed by atoms with Gasteiger partial charge in [0.1, 0.15) is 11.4 Å². The minimum absolute atomic E-state index is 0.144. The number of unbranched alkanes of at least 4 members (excludes halogenated alkanes) is 6. The van der Waals surface area contributed by atoms with Crippen molar-refractivity contribution >= 4 is 22.7 Å². The van der Waals surface area contributed by atoms with E-state index in [-0.39, 0.29) is 5.75 Å². The van der Waals surface area contributed by atoms with Gasteiger partial charge in [-0.25, -0.2) is 0 Å². The number of azo groups is 2. The Bertz CT molecular complexity index is 998. The molecule has 0 aliphatic carbocycles. The smallest absolute Gasteiger partial charge is 0.143 e. The largest absolute Gasteiger partial charge is 0.506 e. The third-order valence-corrected chi connectivity index (χ3v) is 5.27. The summed E-state index contributed by atoms with van der Waals surface area (Å²) in [5, 5.41) is 27.1. The highest BCUT2D eigenvalue weighted by Crippen LogP contribution is 2.30. The summed E-state index contributed by atoms with van der Waals surface area (Å²) in [6.45, 7) is 2.24. The first-order chi connectivity index (χ1) is 15.7. The molecule has 1 N–H and O–H groups in total. The van der Waals surface area contributed by atoms with E-state index in [9.17, 15) is 5.11 Å². The number of hydrogen-bond donors (Lipinski definition) is 1. The molecule has 0 bridgehead atoms. The zero-order valence-electron chi connectivity index (χ0n) is 18.8. The predicted molar refractivity (Wildman–Crippen MR) is 131 cm³/mol. The van der Waals surface area contributed by atoms with Gasteiger partial charge in [0.25, 0.3) is 0 Å². The first-order valence-electron chi connectivity index (χ1n) is 11.5. The number of hydrogen-bond acceptors (Lipinski definition) is 5. The number of phenols is 1. The Morgan fingerprint density at radius 2 is 1.16 bits per heavy atom. The van der Waals surface area contributed by atoms with Crippen LogP contribution in [-0.4, -0.2) is 5.11 Å². The van der Waals surface area contributed by atoms with Gasteiger partial charge in [-0.05, 0) is 66.9 Å². The molecule has 0 aliphatic heterocycles. The Balaban J connectivity index is 1.52. The van der Waals surface area contributed by atoms with Crippen molar-refractivity contribution in [1.29, 1.82) is 0 Å². The third kappa shape index (κ3) is 8.06. The molecule has 0 saturated heterocycles. The second kappa shape index (κ2) is 13.2. The molecule has 5 nitrogen and oxygen atoms in total. The van der Waals surface area contributed by atoms with Gasteiger partial charge in [-0.2, -0.15) is 15.3 Å². The van der Waals surface area contributed by atoms with Gasteiger partial charge in [-0.3, -0.25) is 0 Å². The van der Waals surface area contributed by atoms with Crippen LogP contribution in [0.1, 0.15) is 57.4 Å². The standard InChI is InChI=1S/C27H32N4O/c1-2-3-4-5-6-7-9-12-22-15-20-27(32)26(21-22)31-30-25-18-16-24(17-19-25)29-28-23-13-10-8-11-14-23/h8,10-11,13-21,32H,2-7,9,12H2,1H3. The molecule has 0 aliphatic rings. The van der Waals surface area contributed by atoms with Crippen molar-refractivity contribution in [2.45, 2.75) is 58.3 Å². The Morgan fingerprint density at radius 3 is 1.81 bits per heavy atom. The molecule has 0 amide bonds. The zero-order valence-corrected chi connectivity index (χ0v) is 18.8. The van der Waals surface area contributed by atoms with E-state index in [1.54, 1.807) is 6.07 Å². The van der Waals surface area contributed by atoms with Gasteiger partial charge in [0.2, 0.25) is 0 Å². The van der Waals surface area contributed by atoms with Crippen molar-refractivity contribution in [3.63, 3.8) is 0 Å². The molecule has 0 aromatic heterocycles. The van der Waals surface area contributed by atoms with Crippen molar-refractivity contribution in [2.24, 2.45) is 20.5 Å². The fourth-order valence-corrected chi connectivity index (χ4v) is 3.40. The normalized spacial score (nSPS) is 11.5. The molecular formula is C27H32N4O. The molecule has 0 unspecified atom stereocenters. The summed E-state index contributed by atoms with van der Waals surface area (Å²) in [6.07, 6.45) is 10.00. The van der Waals surface area contributed by atoms with Gasteiger partial charge in [0.05, 0.1) is 17.1 Å². The van der Waals surface area contributed by atoms with E-state index in [4.69, 9.17) is 0 Å². The maximum Gasteiger partial charge on any atom is 0.143 e. The minimum Gasteiger partial charge on any atom is -0.506 e. The van der Waals surface area contributed by atoms with Crippen LogP contribution in [-0.2, 0) is 6.42 Å². The summed E-state index contributed by atoms with van der Waals surface area (Å²) >= 11 is 0. The summed E-state index contributed by atoms with van der Waals surface area (Å²) in [6, 6.07) is 22.6. The van der Waals surface area contributed by atoms with Crippen molar-refractivity contribution in [1.82, 2.24) is 0 Å². The van der Waals surface area contributed by atoms with Gasteiger partial charge >= 0.3 is 0 Å². The van der Waals surface area contributed by atoms with Crippen molar-refractivity contribution in [2.75, 3.05) is 0 Å². The molecule has 32 heavy (non-hydrogen) atoms. The van der Waals surface area contributed by atoms with Crippen LogP contribution in [0.25, 0.3) is 0 Å². The molecule has 3 aromatic rings. The maximum absolute atomic E-state index is 10.1. The van der Waals surface area contributed by atoms with Crippen LogP contribution in [0.2, 0.25) is 0 Å². The first-order valence-corrected chi connectivity index (χ1v) is 11.5. The van der Waals surface area contributed by atoms with E-state index >= 15 is 0 Å². The monoisotopic (exact) mass is 428 g/mol. The van der Waals surface area contributed by atoms with Crippen molar-refractivity contribution in [3.8, 4) is 5.75 Å². The van der Waals surface area contributed by atoms with Crippen LogP contribution in [0.4, 0.5) is 22.7 Å². The van der Waals surface area contributed by atoms with Crippen LogP contribution >= 0.6 is 0 Å². The van der Waals surface area contributed by atoms with Gasteiger partial charge in [0, 0.05) is 0 Å². The summed E-state index contributed by atoms with van der Waals surface area (Å²) < 4.78 is 0. The molecule has 0 fully saturated rings. The Morgan fingerprint density at radius 1 is 0.594 bits per heavy atom. The van der Waals surface area contributed by atoms with Crippen LogP contribution in [0, 0.1) is 0 Å². The number of rotatable bonds is 12. The zero-order chi connectivity index (χ0) is 22.4. The van der Waals surface area contributed by atoms with E-state index < -0.39 is 0 Å². The second-order valence-electron chi connectivity index (χ2n) is 7.95. The summed E-state index contributed by atoms with van der Waals surface area (Å²) in [5.74, 6) is 0.144. The Labute approximate surface area is 191 Å². The molecule has 0 atom stereocenters. The van der Waals surface area contributed by atoms with Crippen LogP contribution in [0.3, 0.4) is 0 Å². The lowest BCUT2D eigenvalue weighted by molar-refractivity contribution is 0.476. The minimum atomic E-state index is 0.144. The molecule has 3 aromatic carbocycles. The molecule has 0 radical (unpaired) electrons. The third-order valence-electron chi connectivity index (χ3n) is 5.27. The van der Waals surface area contributed by atoms with Crippen molar-refractivity contribution in [3.05, 3.63) is 78.4 Å². The Hall–Kier alpha value is -3.34. The summed E-state index contributed by atoms with van der Waals surface area (Å²) in [4.78, 5) is 0. The SMILES string of the molecule is CCCCCCCCCc1ccc(O)c(N=Nc2ccc(N=Nc3ccccc3)cc2)c1. The van der Waals surface area contributed by atoms with Gasteiger partial charge in [0.15, 0.2) is 0 Å². The molecule has 3 rings (SSSR count). The molecule has 0 heterocycles. The lowest BCUT2D eigenvalue weighted by Crippen LogP contribution is -1.86. The average molecular weight is 429 g/mol. The topological polar surface area (TPSA) is 69.7 Å². The lowest BCUT2D eigenvalue weighted by Gasteiger charge is -2.05. The van der Waals surface area contributed by atoms with E-state index in [0.717, 1.165) is 24.2 Å². The van der Waals surface area contributed by atoms with Gasteiger partial charge < -0.3 is 5.11 Å². The number of phenolic OH excluding ortho intramolecular Hbond substituents is 1. The predicted octanol–water partition coefficient (Wildman–Crippen LogP) is 9.52. The number of aromatic hydroxyl groups is 1. The fraction of sp³-hybridized carbons (Fsp3) is 0.333. The number of aryl methyl sites for hydroxylation is 1. The van der Waals surface area contributed by atoms with Crippen molar-refractivity contribution < 1.29 is 5.11 Å². The first kappa shape index (κ1) is 23.3. The highest BCUT2D eigenvalue weighted by atomic mass is 16.3. The highest BCUT2D eigenvalue weighted by Gasteiger charge is 2.03. The van der Waals surface area contributed by atoms with E-state index in [0.29, 0.717) is 11.4 Å². The average Bonchev–Trinajstić information content (AvgIpc) is 2.83. The number of benzene rings is 3. The molecule has 0 saturated carbocycles. The summed E-state index contributed by atoms with van der Waals surface area (Å²) in [5.41, 5.74) is 3.93. The van der Waals surface area contributed by atoms with E-state index in [1.807, 2.05) is 66.7 Å². The number of nitrogens with zero attached hydrogens (tertiary/aromatic N) is 4. The van der Waals surface area contributed by atoms with Gasteiger partial charge in [-0.1, -0.05) is 69.7 Å². The Kier molecular flexibility index (Phi) is 9.59. The highest BCUT2D eigenvalue weighted by molar-refractivity contribution is 5.53. The molecule has 166 valence electrons. The quantitative estimate of drug-likeness (QED) is 0.226. The maximum atomic E-state index is 10.1. The van der Waals surface area contributed by atoms with E-state index in [1.165, 1.54) is 44.1 Å². The molecule has 0 spiro atoms. The van der Waals surface area contributed by atoms with Crippen LogP contribution < -0.4 is 0 Å². The van der Waals surface area contributed by atoms with Gasteiger partial charge in [-0.15, -0.1) is 5.11 Å². The molecular weight excluding hydrogens is 396 g/mol.